The summed E-state index contributed by atoms with van der Waals surface area (Å²) < 4.78 is 20.5. The van der Waals surface area contributed by atoms with E-state index in [4.69, 9.17) is 4.74 Å². The predicted octanol–water partition coefficient (Wildman–Crippen LogP) is 4.30. The average Bonchev–Trinajstić information content (AvgIpc) is 2.61. The number of aromatic nitrogens is 2. The lowest BCUT2D eigenvalue weighted by Crippen LogP contribution is -2.26. The average molecular weight is 395 g/mol. The molecule has 1 heterocycles. The van der Waals surface area contributed by atoms with Crippen LogP contribution in [-0.2, 0) is 13.2 Å². The highest BCUT2D eigenvalue weighted by molar-refractivity contribution is 9.10. The van der Waals surface area contributed by atoms with Crippen LogP contribution in [0.25, 0.3) is 0 Å². The summed E-state index contributed by atoms with van der Waals surface area (Å²) in [5, 5.41) is 0. The molecule has 2 aromatic rings. The van der Waals surface area contributed by atoms with Crippen molar-refractivity contribution in [1.82, 2.24) is 9.55 Å². The minimum absolute atomic E-state index is 0.121. The molecule has 3 rings (SSSR count). The van der Waals surface area contributed by atoms with E-state index in [1.165, 1.54) is 44.2 Å². The first-order valence-electron chi connectivity index (χ1n) is 8.25. The van der Waals surface area contributed by atoms with Crippen molar-refractivity contribution in [3.05, 3.63) is 56.8 Å². The molecule has 0 aliphatic heterocycles. The summed E-state index contributed by atoms with van der Waals surface area (Å²) in [7, 11) is 0. The molecule has 0 radical (unpaired) electrons. The molecule has 4 nitrogen and oxygen atoms in total. The molecule has 1 aromatic carbocycles. The van der Waals surface area contributed by atoms with Crippen LogP contribution in [-0.4, -0.2) is 9.55 Å². The zero-order chi connectivity index (χ0) is 16.9. The van der Waals surface area contributed by atoms with Gasteiger partial charge in [0.1, 0.15) is 23.2 Å². The van der Waals surface area contributed by atoms with Gasteiger partial charge in [-0.15, -0.1) is 0 Å². The van der Waals surface area contributed by atoms with Gasteiger partial charge in [0, 0.05) is 6.54 Å². The van der Waals surface area contributed by atoms with Crippen molar-refractivity contribution in [2.75, 3.05) is 0 Å². The second-order valence-corrected chi connectivity index (χ2v) is 7.03. The number of hydrogen-bond donors (Lipinski definition) is 0. The van der Waals surface area contributed by atoms with E-state index < -0.39 is 0 Å². The van der Waals surface area contributed by atoms with E-state index in [1.54, 1.807) is 23.0 Å². The highest BCUT2D eigenvalue weighted by Crippen LogP contribution is 2.25. The van der Waals surface area contributed by atoms with Crippen LogP contribution in [0.1, 0.15) is 37.7 Å². The standard InChI is InChI=1S/C18H20BrFN2O2/c19-16-17(24-11-14-6-8-15(20)9-7-14)21-12-22(18(16)23)10-13-4-2-1-3-5-13/h6-9,12-13H,1-5,10-11H2. The lowest BCUT2D eigenvalue weighted by molar-refractivity contribution is 0.284. The van der Waals surface area contributed by atoms with Gasteiger partial charge in [-0.2, -0.15) is 0 Å². The molecule has 128 valence electrons. The normalized spacial score (nSPS) is 15.4. The summed E-state index contributed by atoms with van der Waals surface area (Å²) in [6.45, 7) is 0.945. The van der Waals surface area contributed by atoms with Crippen LogP contribution < -0.4 is 10.3 Å². The summed E-state index contributed by atoms with van der Waals surface area (Å²) in [6.07, 6.45) is 7.69. The first kappa shape index (κ1) is 17.1. The smallest absolute Gasteiger partial charge is 0.271 e. The summed E-state index contributed by atoms with van der Waals surface area (Å²) in [5.41, 5.74) is 0.696. The molecular weight excluding hydrogens is 375 g/mol. The van der Waals surface area contributed by atoms with Gasteiger partial charge in [-0.3, -0.25) is 9.36 Å². The van der Waals surface area contributed by atoms with Crippen LogP contribution in [0.4, 0.5) is 4.39 Å². The van der Waals surface area contributed by atoms with Crippen LogP contribution in [0.3, 0.4) is 0 Å². The Morgan fingerprint density at radius 1 is 1.21 bits per heavy atom. The van der Waals surface area contributed by atoms with E-state index in [1.807, 2.05) is 0 Å². The van der Waals surface area contributed by atoms with Crippen LogP contribution in [0.2, 0.25) is 0 Å². The molecule has 0 spiro atoms. The molecule has 0 N–H and O–H groups in total. The van der Waals surface area contributed by atoms with E-state index in [0.29, 0.717) is 16.9 Å². The summed E-state index contributed by atoms with van der Waals surface area (Å²) in [6, 6.07) is 6.05. The quantitative estimate of drug-likeness (QED) is 0.758. The number of ether oxygens (including phenoxy) is 1. The largest absolute Gasteiger partial charge is 0.472 e. The van der Waals surface area contributed by atoms with E-state index in [9.17, 15) is 9.18 Å². The maximum Gasteiger partial charge on any atom is 0.271 e. The van der Waals surface area contributed by atoms with Crippen molar-refractivity contribution in [1.29, 1.82) is 0 Å². The molecule has 1 fully saturated rings. The fraction of sp³-hybridized carbons (Fsp3) is 0.444. The molecule has 6 heteroatoms. The van der Waals surface area contributed by atoms with Crippen molar-refractivity contribution in [2.45, 2.75) is 45.3 Å². The van der Waals surface area contributed by atoms with Gasteiger partial charge in [-0.25, -0.2) is 9.37 Å². The van der Waals surface area contributed by atoms with E-state index in [2.05, 4.69) is 20.9 Å². The fourth-order valence-electron chi connectivity index (χ4n) is 3.06. The topological polar surface area (TPSA) is 44.1 Å². The van der Waals surface area contributed by atoms with Gasteiger partial charge < -0.3 is 4.74 Å². The Hall–Kier alpha value is -1.69. The van der Waals surface area contributed by atoms with Crippen molar-refractivity contribution in [2.24, 2.45) is 5.92 Å². The number of nitrogens with zero attached hydrogens (tertiary/aromatic N) is 2. The van der Waals surface area contributed by atoms with Crippen molar-refractivity contribution in [3.63, 3.8) is 0 Å². The number of rotatable bonds is 5. The molecule has 1 aliphatic rings. The van der Waals surface area contributed by atoms with Crippen LogP contribution in [0, 0.1) is 11.7 Å². The predicted molar refractivity (Wildman–Crippen MR) is 93.5 cm³/mol. The minimum Gasteiger partial charge on any atom is -0.472 e. The third-order valence-corrected chi connectivity index (χ3v) is 5.10. The number of hydrogen-bond acceptors (Lipinski definition) is 3. The first-order chi connectivity index (χ1) is 11.6. The second-order valence-electron chi connectivity index (χ2n) is 6.24. The lowest BCUT2D eigenvalue weighted by Gasteiger charge is -2.22. The van der Waals surface area contributed by atoms with E-state index >= 15 is 0 Å². The highest BCUT2D eigenvalue weighted by atomic mass is 79.9. The third-order valence-electron chi connectivity index (χ3n) is 4.42. The molecule has 0 saturated heterocycles. The lowest BCUT2D eigenvalue weighted by atomic mass is 9.89. The van der Waals surface area contributed by atoms with Gasteiger partial charge in [-0.05, 0) is 52.4 Å². The van der Waals surface area contributed by atoms with Gasteiger partial charge in [0.25, 0.3) is 5.56 Å². The highest BCUT2D eigenvalue weighted by Gasteiger charge is 2.17. The van der Waals surface area contributed by atoms with Crippen LogP contribution in [0.5, 0.6) is 5.88 Å². The van der Waals surface area contributed by atoms with Gasteiger partial charge in [0.05, 0.1) is 0 Å². The van der Waals surface area contributed by atoms with Crippen LogP contribution >= 0.6 is 15.9 Å². The molecule has 1 aliphatic carbocycles. The SMILES string of the molecule is O=c1c(Br)c(OCc2ccc(F)cc2)ncn1CC1CCCCC1. The van der Waals surface area contributed by atoms with Crippen LogP contribution in [0.15, 0.2) is 39.9 Å². The van der Waals surface area contributed by atoms with Crippen molar-refractivity contribution >= 4 is 15.9 Å². The molecule has 1 aromatic heterocycles. The third kappa shape index (κ3) is 4.23. The Balaban J connectivity index is 1.67. The molecule has 24 heavy (non-hydrogen) atoms. The van der Waals surface area contributed by atoms with Gasteiger partial charge >= 0.3 is 0 Å². The van der Waals surface area contributed by atoms with Crippen molar-refractivity contribution < 1.29 is 9.13 Å². The zero-order valence-electron chi connectivity index (χ0n) is 13.4. The minimum atomic E-state index is -0.289. The molecule has 0 unspecified atom stereocenters. The van der Waals surface area contributed by atoms with E-state index in [-0.39, 0.29) is 23.9 Å². The first-order valence-corrected chi connectivity index (χ1v) is 9.05. The van der Waals surface area contributed by atoms with Gasteiger partial charge in [-0.1, -0.05) is 31.4 Å². The summed E-state index contributed by atoms with van der Waals surface area (Å²) in [5.74, 6) is 0.531. The number of halogens is 2. The van der Waals surface area contributed by atoms with E-state index in [0.717, 1.165) is 5.56 Å². The number of benzene rings is 1. The maximum atomic E-state index is 12.9. The Bertz CT molecular complexity index is 740. The Morgan fingerprint density at radius 2 is 1.92 bits per heavy atom. The van der Waals surface area contributed by atoms with Gasteiger partial charge in [0.15, 0.2) is 0 Å². The molecular formula is C18H20BrFN2O2. The Labute approximate surface area is 148 Å². The second kappa shape index (κ2) is 7.92. The zero-order valence-corrected chi connectivity index (χ0v) is 15.0. The molecule has 1 saturated carbocycles. The molecule has 0 atom stereocenters. The molecule has 0 amide bonds. The summed E-state index contributed by atoms with van der Waals surface area (Å²) in [4.78, 5) is 16.7. The Kier molecular flexibility index (Phi) is 5.66. The van der Waals surface area contributed by atoms with Crippen molar-refractivity contribution in [3.8, 4) is 5.88 Å². The maximum absolute atomic E-state index is 12.9. The monoisotopic (exact) mass is 394 g/mol. The fourth-order valence-corrected chi connectivity index (χ4v) is 3.50. The Morgan fingerprint density at radius 3 is 2.62 bits per heavy atom. The molecule has 0 bridgehead atoms. The summed E-state index contributed by atoms with van der Waals surface area (Å²) >= 11 is 3.30. The van der Waals surface area contributed by atoms with Gasteiger partial charge in [0.2, 0.25) is 5.88 Å².